The van der Waals surface area contributed by atoms with E-state index in [-0.39, 0.29) is 12.1 Å². The van der Waals surface area contributed by atoms with Crippen LogP contribution in [0.4, 0.5) is 10.5 Å². The molecule has 0 radical (unpaired) electrons. The number of aryl methyl sites for hydroxylation is 1. The van der Waals surface area contributed by atoms with Gasteiger partial charge in [-0.3, -0.25) is 0 Å². The van der Waals surface area contributed by atoms with Gasteiger partial charge in [-0.15, -0.1) is 0 Å². The highest BCUT2D eigenvalue weighted by atomic mass is 16.5. The Hall–Kier alpha value is -3.07. The zero-order chi connectivity index (χ0) is 16.9. The SMILES string of the molecule is Cc1ccc(NC(=O)N2CCC(Oc3cc(C#N)ccn3)C2)cc1. The number of nitriles is 1. The Labute approximate surface area is 140 Å². The fraction of sp³-hybridized carbons (Fsp3) is 0.278. The highest BCUT2D eigenvalue weighted by Crippen LogP contribution is 2.18. The van der Waals surface area contributed by atoms with Crippen molar-refractivity contribution in [3.05, 3.63) is 53.7 Å². The second-order valence-electron chi connectivity index (χ2n) is 5.77. The molecular formula is C18H18N4O2. The van der Waals surface area contributed by atoms with E-state index in [2.05, 4.69) is 16.4 Å². The lowest BCUT2D eigenvalue weighted by atomic mass is 10.2. The smallest absolute Gasteiger partial charge is 0.321 e. The first kappa shape index (κ1) is 15.8. The Balaban J connectivity index is 1.55. The van der Waals surface area contributed by atoms with E-state index in [1.807, 2.05) is 31.2 Å². The number of hydrogen-bond acceptors (Lipinski definition) is 4. The molecule has 1 fully saturated rings. The summed E-state index contributed by atoms with van der Waals surface area (Å²) >= 11 is 0. The first-order chi connectivity index (χ1) is 11.6. The van der Waals surface area contributed by atoms with Crippen molar-refractivity contribution in [2.24, 2.45) is 0 Å². The average molecular weight is 322 g/mol. The van der Waals surface area contributed by atoms with E-state index in [1.165, 1.54) is 0 Å². The summed E-state index contributed by atoms with van der Waals surface area (Å²) in [6, 6.07) is 12.8. The largest absolute Gasteiger partial charge is 0.472 e. The van der Waals surface area contributed by atoms with Crippen LogP contribution in [0.2, 0.25) is 0 Å². The Kier molecular flexibility index (Phi) is 4.62. The number of pyridine rings is 1. The van der Waals surface area contributed by atoms with E-state index in [9.17, 15) is 4.79 Å². The fourth-order valence-corrected chi connectivity index (χ4v) is 2.56. The van der Waals surface area contributed by atoms with E-state index in [0.29, 0.717) is 24.5 Å². The number of benzene rings is 1. The number of amides is 2. The monoisotopic (exact) mass is 322 g/mol. The Morgan fingerprint density at radius 3 is 2.92 bits per heavy atom. The molecule has 24 heavy (non-hydrogen) atoms. The van der Waals surface area contributed by atoms with Crippen LogP contribution in [0.5, 0.6) is 5.88 Å². The second-order valence-corrected chi connectivity index (χ2v) is 5.77. The molecular weight excluding hydrogens is 304 g/mol. The highest BCUT2D eigenvalue weighted by Gasteiger charge is 2.28. The number of nitrogens with zero attached hydrogens (tertiary/aromatic N) is 3. The maximum Gasteiger partial charge on any atom is 0.321 e. The summed E-state index contributed by atoms with van der Waals surface area (Å²) in [7, 11) is 0. The van der Waals surface area contributed by atoms with Gasteiger partial charge in [0, 0.05) is 30.9 Å². The van der Waals surface area contributed by atoms with E-state index < -0.39 is 0 Å². The quantitative estimate of drug-likeness (QED) is 0.942. The molecule has 1 atom stereocenters. The molecule has 0 aliphatic carbocycles. The summed E-state index contributed by atoms with van der Waals surface area (Å²) in [5.74, 6) is 0.417. The number of carbonyl (C=O) groups excluding carboxylic acids is 1. The van der Waals surface area contributed by atoms with Crippen molar-refractivity contribution in [2.45, 2.75) is 19.4 Å². The lowest BCUT2D eigenvalue weighted by Crippen LogP contribution is -2.34. The van der Waals surface area contributed by atoms with Crippen LogP contribution in [-0.4, -0.2) is 35.1 Å². The molecule has 2 aromatic rings. The molecule has 122 valence electrons. The van der Waals surface area contributed by atoms with Crippen LogP contribution >= 0.6 is 0 Å². The minimum atomic E-state index is -0.135. The maximum atomic E-state index is 12.3. The lowest BCUT2D eigenvalue weighted by molar-refractivity contribution is 0.190. The molecule has 1 aromatic heterocycles. The molecule has 1 saturated heterocycles. The number of likely N-dealkylation sites (tertiary alicyclic amines) is 1. The molecule has 1 N–H and O–H groups in total. The van der Waals surface area contributed by atoms with Gasteiger partial charge in [-0.2, -0.15) is 5.26 Å². The first-order valence-corrected chi connectivity index (χ1v) is 7.79. The van der Waals surface area contributed by atoms with Crippen LogP contribution in [0, 0.1) is 18.3 Å². The standard InChI is InChI=1S/C18H18N4O2/c1-13-2-4-15(5-3-13)21-18(23)22-9-7-16(12-22)24-17-10-14(11-19)6-8-20-17/h2-6,8,10,16H,7,9,12H2,1H3,(H,21,23). The molecule has 1 aromatic carbocycles. The van der Waals surface area contributed by atoms with Gasteiger partial charge in [-0.1, -0.05) is 17.7 Å². The molecule has 0 saturated carbocycles. The van der Waals surface area contributed by atoms with Gasteiger partial charge in [0.25, 0.3) is 0 Å². The van der Waals surface area contributed by atoms with Gasteiger partial charge in [0.15, 0.2) is 0 Å². The Morgan fingerprint density at radius 1 is 1.38 bits per heavy atom. The molecule has 3 rings (SSSR count). The van der Waals surface area contributed by atoms with Crippen LogP contribution in [0.25, 0.3) is 0 Å². The number of urea groups is 1. The molecule has 0 bridgehead atoms. The van der Waals surface area contributed by atoms with Crippen molar-refractivity contribution in [3.63, 3.8) is 0 Å². The average Bonchev–Trinajstić information content (AvgIpc) is 3.06. The third kappa shape index (κ3) is 3.82. The van der Waals surface area contributed by atoms with Gasteiger partial charge < -0.3 is 15.0 Å². The van der Waals surface area contributed by atoms with Gasteiger partial charge >= 0.3 is 6.03 Å². The minimum absolute atomic E-state index is 0.116. The first-order valence-electron chi connectivity index (χ1n) is 7.79. The third-order valence-electron chi connectivity index (χ3n) is 3.89. The summed E-state index contributed by atoms with van der Waals surface area (Å²) in [5, 5.41) is 11.8. The molecule has 1 unspecified atom stereocenters. The lowest BCUT2D eigenvalue weighted by Gasteiger charge is -2.17. The van der Waals surface area contributed by atoms with Gasteiger partial charge in [-0.25, -0.2) is 9.78 Å². The van der Waals surface area contributed by atoms with Crippen LogP contribution in [0.1, 0.15) is 17.5 Å². The van der Waals surface area contributed by atoms with Gasteiger partial charge in [-0.05, 0) is 25.1 Å². The van der Waals surface area contributed by atoms with Gasteiger partial charge in [0.2, 0.25) is 5.88 Å². The normalized spacial score (nSPS) is 16.5. The van der Waals surface area contributed by atoms with Crippen LogP contribution < -0.4 is 10.1 Å². The van der Waals surface area contributed by atoms with E-state index in [0.717, 1.165) is 17.7 Å². The van der Waals surface area contributed by atoms with E-state index >= 15 is 0 Å². The highest BCUT2D eigenvalue weighted by molar-refractivity contribution is 5.89. The number of ether oxygens (including phenoxy) is 1. The number of rotatable bonds is 3. The molecule has 0 spiro atoms. The van der Waals surface area contributed by atoms with Crippen LogP contribution in [-0.2, 0) is 0 Å². The van der Waals surface area contributed by atoms with Crippen molar-refractivity contribution in [1.29, 1.82) is 5.26 Å². The Morgan fingerprint density at radius 2 is 2.17 bits per heavy atom. The maximum absolute atomic E-state index is 12.3. The molecule has 2 amide bonds. The number of anilines is 1. The number of aromatic nitrogens is 1. The predicted molar refractivity (Wildman–Crippen MR) is 89.8 cm³/mol. The summed E-state index contributed by atoms with van der Waals surface area (Å²) in [5.41, 5.74) is 2.43. The van der Waals surface area contributed by atoms with E-state index in [1.54, 1.807) is 23.2 Å². The van der Waals surface area contributed by atoms with Gasteiger partial charge in [0.1, 0.15) is 6.10 Å². The number of carbonyl (C=O) groups is 1. The second kappa shape index (κ2) is 7.01. The number of nitrogens with one attached hydrogen (secondary N) is 1. The topological polar surface area (TPSA) is 78.3 Å². The van der Waals surface area contributed by atoms with Crippen LogP contribution in [0.3, 0.4) is 0 Å². The predicted octanol–water partition coefficient (Wildman–Crippen LogP) is 2.95. The Bertz CT molecular complexity index is 767. The van der Waals surface area contributed by atoms with Crippen molar-refractivity contribution in [2.75, 3.05) is 18.4 Å². The summed E-state index contributed by atoms with van der Waals surface area (Å²) < 4.78 is 5.78. The summed E-state index contributed by atoms with van der Waals surface area (Å²) in [4.78, 5) is 18.1. The third-order valence-corrected chi connectivity index (χ3v) is 3.89. The molecule has 2 heterocycles. The van der Waals surface area contributed by atoms with Crippen molar-refractivity contribution >= 4 is 11.7 Å². The fourth-order valence-electron chi connectivity index (χ4n) is 2.56. The molecule has 6 heteroatoms. The van der Waals surface area contributed by atoms with Crippen molar-refractivity contribution in [3.8, 4) is 11.9 Å². The zero-order valence-corrected chi connectivity index (χ0v) is 13.4. The van der Waals surface area contributed by atoms with Crippen molar-refractivity contribution in [1.82, 2.24) is 9.88 Å². The van der Waals surface area contributed by atoms with Crippen molar-refractivity contribution < 1.29 is 9.53 Å². The molecule has 6 nitrogen and oxygen atoms in total. The zero-order valence-electron chi connectivity index (χ0n) is 13.4. The molecule has 1 aliphatic heterocycles. The minimum Gasteiger partial charge on any atom is -0.472 e. The van der Waals surface area contributed by atoms with Crippen LogP contribution in [0.15, 0.2) is 42.6 Å². The number of hydrogen-bond donors (Lipinski definition) is 1. The molecule has 1 aliphatic rings. The van der Waals surface area contributed by atoms with Gasteiger partial charge in [0.05, 0.1) is 18.2 Å². The van der Waals surface area contributed by atoms with E-state index in [4.69, 9.17) is 10.00 Å². The summed E-state index contributed by atoms with van der Waals surface area (Å²) in [6.45, 7) is 3.12. The summed E-state index contributed by atoms with van der Waals surface area (Å²) in [6.07, 6.45) is 2.17.